The normalized spacial score (nSPS) is 15.7. The van der Waals surface area contributed by atoms with Crippen LogP contribution in [0.2, 0.25) is 0 Å². The number of hydrogen-bond donors (Lipinski definition) is 3. The van der Waals surface area contributed by atoms with Crippen LogP contribution >= 0.6 is 0 Å². The summed E-state index contributed by atoms with van der Waals surface area (Å²) >= 11 is 0. The van der Waals surface area contributed by atoms with Crippen molar-refractivity contribution in [3.63, 3.8) is 0 Å². The van der Waals surface area contributed by atoms with Crippen LogP contribution in [0, 0.1) is 5.92 Å². The van der Waals surface area contributed by atoms with E-state index >= 15 is 0 Å². The molecule has 4 amide bonds. The van der Waals surface area contributed by atoms with E-state index in [9.17, 15) is 14.4 Å². The van der Waals surface area contributed by atoms with Crippen LogP contribution in [0.3, 0.4) is 0 Å². The van der Waals surface area contributed by atoms with Crippen LogP contribution in [-0.2, 0) is 9.53 Å². The van der Waals surface area contributed by atoms with Gasteiger partial charge in [0, 0.05) is 23.6 Å². The van der Waals surface area contributed by atoms with Crippen molar-refractivity contribution in [2.75, 3.05) is 23.8 Å². The largest absolute Gasteiger partial charge is 0.462 e. The predicted molar refractivity (Wildman–Crippen MR) is 132 cm³/mol. The second kappa shape index (κ2) is 11.4. The average molecular weight is 465 g/mol. The van der Waals surface area contributed by atoms with Crippen molar-refractivity contribution in [1.82, 2.24) is 10.2 Å². The summed E-state index contributed by atoms with van der Waals surface area (Å²) in [7, 11) is 0. The average Bonchev–Trinajstić information content (AvgIpc) is 2.81. The molecule has 1 aliphatic heterocycles. The molecule has 0 fully saturated rings. The number of allylic oxidation sites excluding steroid dienone is 1. The van der Waals surface area contributed by atoms with Gasteiger partial charge in [0.15, 0.2) is 0 Å². The maximum absolute atomic E-state index is 13.0. The first-order chi connectivity index (χ1) is 16.3. The molecule has 1 heterocycles. The molecule has 180 valence electrons. The number of anilines is 2. The van der Waals surface area contributed by atoms with Crippen LogP contribution < -0.4 is 16.0 Å². The third-order valence-corrected chi connectivity index (χ3v) is 5.34. The number of amides is 4. The lowest BCUT2D eigenvalue weighted by molar-refractivity contribution is -0.140. The van der Waals surface area contributed by atoms with E-state index in [4.69, 9.17) is 4.74 Å². The molecule has 3 rings (SSSR count). The van der Waals surface area contributed by atoms with E-state index in [0.29, 0.717) is 35.8 Å². The van der Waals surface area contributed by atoms with Crippen LogP contribution in [0.5, 0.6) is 0 Å². The first kappa shape index (κ1) is 24.8. The van der Waals surface area contributed by atoms with Gasteiger partial charge < -0.3 is 20.7 Å². The van der Waals surface area contributed by atoms with Gasteiger partial charge in [0.1, 0.15) is 0 Å². The number of nitrogens with zero attached hydrogens (tertiary/aromatic N) is 1. The van der Waals surface area contributed by atoms with Gasteiger partial charge in [-0.3, -0.25) is 4.90 Å². The lowest BCUT2D eigenvalue weighted by Crippen LogP contribution is -2.48. The monoisotopic (exact) mass is 464 g/mol. The van der Waals surface area contributed by atoms with Gasteiger partial charge in [0.05, 0.1) is 18.2 Å². The molecule has 0 saturated carbocycles. The summed E-state index contributed by atoms with van der Waals surface area (Å²) in [5.74, 6) is -0.248. The Morgan fingerprint density at radius 3 is 2.24 bits per heavy atom. The Labute approximate surface area is 200 Å². The maximum atomic E-state index is 13.0. The van der Waals surface area contributed by atoms with Crippen molar-refractivity contribution in [3.8, 4) is 0 Å². The minimum Gasteiger partial charge on any atom is -0.462 e. The van der Waals surface area contributed by atoms with Crippen molar-refractivity contribution >= 4 is 29.4 Å². The Morgan fingerprint density at radius 2 is 1.65 bits per heavy atom. The van der Waals surface area contributed by atoms with Gasteiger partial charge in [0.2, 0.25) is 0 Å². The van der Waals surface area contributed by atoms with Crippen molar-refractivity contribution in [3.05, 3.63) is 71.4 Å². The van der Waals surface area contributed by atoms with E-state index in [-0.39, 0.29) is 18.0 Å². The molecular weight excluding hydrogens is 432 g/mol. The van der Waals surface area contributed by atoms with Crippen molar-refractivity contribution in [1.29, 1.82) is 0 Å². The van der Waals surface area contributed by atoms with Crippen LogP contribution in [0.15, 0.2) is 65.9 Å². The molecule has 1 atom stereocenters. The molecule has 0 radical (unpaired) electrons. The quantitative estimate of drug-likeness (QED) is 0.463. The summed E-state index contributed by atoms with van der Waals surface area (Å²) < 4.78 is 5.52. The molecule has 8 nitrogen and oxygen atoms in total. The van der Waals surface area contributed by atoms with Crippen LogP contribution in [-0.4, -0.2) is 36.1 Å². The molecule has 0 bridgehead atoms. The molecule has 1 aliphatic rings. The summed E-state index contributed by atoms with van der Waals surface area (Å²) in [6.45, 7) is 8.49. The molecule has 34 heavy (non-hydrogen) atoms. The van der Waals surface area contributed by atoms with Gasteiger partial charge in [-0.1, -0.05) is 51.1 Å². The zero-order valence-corrected chi connectivity index (χ0v) is 20.1. The van der Waals surface area contributed by atoms with Crippen molar-refractivity contribution in [2.24, 2.45) is 5.92 Å². The van der Waals surface area contributed by atoms with E-state index in [1.807, 2.05) is 39.0 Å². The highest BCUT2D eigenvalue weighted by molar-refractivity contribution is 5.99. The standard InChI is InChI=1S/C26H32N4O4/c1-5-15-30-18(4)22(24(31)34-16-17(2)3)23(29-26(30)33)19-11-13-21(14-12-19)28-25(32)27-20-9-7-6-8-10-20/h6-14,17,23H,5,15-16H2,1-4H3,(H,29,33)(H2,27,28,32). The number of ether oxygens (including phenoxy) is 1. The van der Waals surface area contributed by atoms with Gasteiger partial charge in [0.25, 0.3) is 0 Å². The molecule has 3 N–H and O–H groups in total. The summed E-state index contributed by atoms with van der Waals surface area (Å²) in [5.41, 5.74) is 2.99. The first-order valence-corrected chi connectivity index (χ1v) is 11.5. The molecular formula is C26H32N4O4. The molecule has 1 unspecified atom stereocenters. The van der Waals surface area contributed by atoms with Crippen LogP contribution in [0.25, 0.3) is 0 Å². The topological polar surface area (TPSA) is 99.8 Å². The zero-order chi connectivity index (χ0) is 24.7. The van der Waals surface area contributed by atoms with Crippen molar-refractivity contribution < 1.29 is 19.1 Å². The predicted octanol–water partition coefficient (Wildman–Crippen LogP) is 5.28. The first-order valence-electron chi connectivity index (χ1n) is 11.5. The Kier molecular flexibility index (Phi) is 8.29. The molecule has 0 aliphatic carbocycles. The molecule has 8 heteroatoms. The zero-order valence-electron chi connectivity index (χ0n) is 20.1. The van der Waals surface area contributed by atoms with E-state index in [1.54, 1.807) is 48.2 Å². The fourth-order valence-corrected chi connectivity index (χ4v) is 3.68. The Hall–Kier alpha value is -3.81. The highest BCUT2D eigenvalue weighted by Crippen LogP contribution is 2.32. The van der Waals surface area contributed by atoms with Gasteiger partial charge in [-0.2, -0.15) is 0 Å². The Morgan fingerprint density at radius 1 is 1.03 bits per heavy atom. The number of para-hydroxylation sites is 1. The lowest BCUT2D eigenvalue weighted by Gasteiger charge is -2.35. The van der Waals surface area contributed by atoms with Gasteiger partial charge in [-0.15, -0.1) is 0 Å². The fraction of sp³-hybridized carbons (Fsp3) is 0.346. The van der Waals surface area contributed by atoms with E-state index in [1.165, 1.54) is 0 Å². The molecule has 2 aromatic rings. The summed E-state index contributed by atoms with van der Waals surface area (Å²) in [4.78, 5) is 39.6. The van der Waals surface area contributed by atoms with Gasteiger partial charge >= 0.3 is 18.0 Å². The minimum atomic E-state index is -0.646. The summed E-state index contributed by atoms with van der Waals surface area (Å²) in [5, 5.41) is 8.48. The number of benzene rings is 2. The number of urea groups is 2. The SMILES string of the molecule is CCCN1C(=O)NC(c2ccc(NC(=O)Nc3ccccc3)cc2)C(C(=O)OCC(C)C)=C1C. The number of hydrogen-bond acceptors (Lipinski definition) is 4. The number of esters is 1. The third-order valence-electron chi connectivity index (χ3n) is 5.34. The lowest BCUT2D eigenvalue weighted by atomic mass is 9.94. The second-order valence-electron chi connectivity index (χ2n) is 8.59. The molecule has 0 spiro atoms. The fourth-order valence-electron chi connectivity index (χ4n) is 3.68. The van der Waals surface area contributed by atoms with E-state index in [0.717, 1.165) is 12.0 Å². The number of carbonyl (C=O) groups is 3. The maximum Gasteiger partial charge on any atom is 0.338 e. The third kappa shape index (κ3) is 6.15. The van der Waals surface area contributed by atoms with Crippen molar-refractivity contribution in [2.45, 2.75) is 40.2 Å². The molecule has 0 saturated heterocycles. The smallest absolute Gasteiger partial charge is 0.338 e. The summed E-state index contributed by atoms with van der Waals surface area (Å²) in [6, 6.07) is 14.9. The molecule has 2 aromatic carbocycles. The van der Waals surface area contributed by atoms with Gasteiger partial charge in [-0.05, 0) is 49.1 Å². The van der Waals surface area contributed by atoms with Crippen LogP contribution in [0.4, 0.5) is 21.0 Å². The summed E-state index contributed by atoms with van der Waals surface area (Å²) in [6.07, 6.45) is 0.759. The van der Waals surface area contributed by atoms with E-state index < -0.39 is 12.0 Å². The number of rotatable bonds is 8. The number of carbonyl (C=O) groups excluding carboxylic acids is 3. The second-order valence-corrected chi connectivity index (χ2v) is 8.59. The van der Waals surface area contributed by atoms with E-state index in [2.05, 4.69) is 16.0 Å². The highest BCUT2D eigenvalue weighted by Gasteiger charge is 2.36. The Balaban J connectivity index is 1.80. The molecule has 0 aromatic heterocycles. The minimum absolute atomic E-state index is 0.195. The van der Waals surface area contributed by atoms with Crippen LogP contribution in [0.1, 0.15) is 45.7 Å². The Bertz CT molecular complexity index is 1050. The highest BCUT2D eigenvalue weighted by atomic mass is 16.5. The number of nitrogens with one attached hydrogen (secondary N) is 3. The van der Waals surface area contributed by atoms with Gasteiger partial charge in [-0.25, -0.2) is 14.4 Å².